The van der Waals surface area contributed by atoms with Crippen LogP contribution in [0.1, 0.15) is 0 Å². The first-order valence-corrected chi connectivity index (χ1v) is 0.655. The molecule has 5 heteroatoms. The van der Waals surface area contributed by atoms with E-state index in [0.29, 0.717) is 0 Å². The Morgan fingerprint density at radius 2 is 1.00 bits per heavy atom. The third-order valence-corrected chi connectivity index (χ3v) is 0. The molecule has 0 saturated carbocycles. The first-order valence-electron chi connectivity index (χ1n) is 0.655. The van der Waals surface area contributed by atoms with Gasteiger partial charge in [0.2, 0.25) is 0 Å². The average molecular weight is 157 g/mol. The second-order valence-corrected chi connectivity index (χ2v) is 0.247. The van der Waals surface area contributed by atoms with Crippen LogP contribution in [0.25, 0.3) is 0 Å². The Labute approximate surface area is 65.2 Å². The fourth-order valence-electron chi connectivity index (χ4n) is 0. The monoisotopic (exact) mass is 158 g/mol. The van der Waals surface area contributed by atoms with Gasteiger partial charge in [-0.15, -0.1) is 0 Å². The van der Waals surface area contributed by atoms with Crippen LogP contribution in [0.5, 0.6) is 0 Å². The maximum absolute atomic E-state index is 9.67. The van der Waals surface area contributed by atoms with E-state index in [2.05, 4.69) is 0 Å². The Morgan fingerprint density at radius 3 is 1.00 bits per heavy atom. The van der Waals surface area contributed by atoms with Crippen molar-refractivity contribution in [1.29, 1.82) is 0 Å². The number of hydrogen-bond acceptors (Lipinski definition) is 0. The van der Waals surface area contributed by atoms with Gasteiger partial charge in [-0.05, 0) is 0 Å². The van der Waals surface area contributed by atoms with Gasteiger partial charge in [0.05, 0.1) is 0 Å². The van der Waals surface area contributed by atoms with Crippen molar-refractivity contribution in [3.05, 3.63) is 0 Å². The molecule has 0 aromatic heterocycles. The quantitative estimate of drug-likeness (QED) is 0.433. The Balaban J connectivity index is 0. The summed E-state index contributed by atoms with van der Waals surface area (Å²) in [5, 5.41) is 0. The van der Waals surface area contributed by atoms with E-state index in [4.69, 9.17) is 0 Å². The van der Waals surface area contributed by atoms with Crippen LogP contribution in [-0.4, -0.2) is 53.0 Å². The summed E-state index contributed by atoms with van der Waals surface area (Å²) in [6, 6.07) is 0. The minimum atomic E-state index is -3.67. The van der Waals surface area contributed by atoms with Crippen molar-refractivity contribution in [3.63, 3.8) is 0 Å². The topological polar surface area (TPSA) is 0 Å². The van der Waals surface area contributed by atoms with Crippen LogP contribution in [0, 0.1) is 0 Å². The zero-order valence-corrected chi connectivity index (χ0v) is 1.71. The van der Waals surface area contributed by atoms with Crippen molar-refractivity contribution in [1.82, 2.24) is 0 Å². The van der Waals surface area contributed by atoms with Gasteiger partial charge in [0.25, 0.3) is 0 Å². The van der Waals surface area contributed by atoms with Crippen molar-refractivity contribution in [2.45, 2.75) is 0 Å². The van der Waals surface area contributed by atoms with Gasteiger partial charge < -0.3 is 0 Å². The molecule has 0 aromatic carbocycles. The fraction of sp³-hybridized carbons (Fsp3) is 0. The zero-order chi connectivity index (χ0) is 3.58. The molecule has 0 atom stereocenters. The second kappa shape index (κ2) is 5.34. The molecule has 0 rings (SSSR count). The molecule has 0 saturated heterocycles. The van der Waals surface area contributed by atoms with E-state index in [9.17, 15) is 12.9 Å². The van der Waals surface area contributed by atoms with Crippen LogP contribution < -0.4 is 0 Å². The van der Waals surface area contributed by atoms with Crippen LogP contribution in [0.15, 0.2) is 0 Å². The van der Waals surface area contributed by atoms with Gasteiger partial charge >= 0.3 is 53.0 Å². The Hall–Kier alpha value is 1.34. The molecular formula is H2BF3Sr. The van der Waals surface area contributed by atoms with Crippen molar-refractivity contribution in [2.24, 2.45) is 0 Å². The van der Waals surface area contributed by atoms with E-state index in [1.807, 2.05) is 0 Å². The second-order valence-electron chi connectivity index (χ2n) is 0.247. The molecule has 0 spiro atoms. The summed E-state index contributed by atoms with van der Waals surface area (Å²) in [7, 11) is -3.67. The predicted molar refractivity (Wildman–Crippen MR) is 17.6 cm³/mol. The molecule has 0 aliphatic rings. The first kappa shape index (κ1) is 9.60. The molecule has 5 heavy (non-hydrogen) atoms. The SMILES string of the molecule is FB(F)F.[SrH2]. The van der Waals surface area contributed by atoms with Gasteiger partial charge in [0.1, 0.15) is 0 Å². The van der Waals surface area contributed by atoms with E-state index < -0.39 is 7.54 Å². The molecule has 0 radical (unpaired) electrons. The molecule has 0 fully saturated rings. The van der Waals surface area contributed by atoms with Gasteiger partial charge in [0, 0.05) is 0 Å². The summed E-state index contributed by atoms with van der Waals surface area (Å²) in [6.07, 6.45) is 0. The standard InChI is InChI=1S/BF3.Sr.2H/c2-1(3)4;;;. The van der Waals surface area contributed by atoms with E-state index >= 15 is 0 Å². The predicted octanol–water partition coefficient (Wildman–Crippen LogP) is -0.0364. The van der Waals surface area contributed by atoms with Crippen molar-refractivity contribution in [2.75, 3.05) is 0 Å². The van der Waals surface area contributed by atoms with E-state index in [1.54, 1.807) is 0 Å². The first-order chi connectivity index (χ1) is 1.73. The maximum atomic E-state index is 9.67. The summed E-state index contributed by atoms with van der Waals surface area (Å²) >= 11 is 0. The molecule has 0 aliphatic carbocycles. The van der Waals surface area contributed by atoms with Crippen LogP contribution in [0.4, 0.5) is 12.9 Å². The molecule has 0 amide bonds. The van der Waals surface area contributed by atoms with Crippen LogP contribution >= 0.6 is 0 Å². The van der Waals surface area contributed by atoms with Crippen LogP contribution in [-0.2, 0) is 0 Å². The third kappa shape index (κ3) is 33.3. The zero-order valence-electron chi connectivity index (χ0n) is 1.71. The molecule has 0 nitrogen and oxygen atoms in total. The number of rotatable bonds is 0. The minimum absolute atomic E-state index is 0. The molecule has 28 valence electrons. The summed E-state index contributed by atoms with van der Waals surface area (Å²) in [6.45, 7) is 0. The summed E-state index contributed by atoms with van der Waals surface area (Å²) in [4.78, 5) is 0. The number of hydrogen-bond donors (Lipinski definition) is 0. The summed E-state index contributed by atoms with van der Waals surface area (Å²) in [5.74, 6) is 0. The Bertz CT molecular complexity index is 11.6. The number of halogens is 3. The molecule has 0 aromatic rings. The van der Waals surface area contributed by atoms with Crippen molar-refractivity contribution >= 4 is 53.0 Å². The molecular weight excluding hydrogens is 155 g/mol. The van der Waals surface area contributed by atoms with Gasteiger partial charge in [-0.25, -0.2) is 0 Å². The average Bonchev–Trinajstić information content (AvgIpc) is 0.811. The fourth-order valence-corrected chi connectivity index (χ4v) is 0. The van der Waals surface area contributed by atoms with Crippen molar-refractivity contribution in [3.8, 4) is 0 Å². The normalized spacial score (nSPS) is 5.40. The third-order valence-electron chi connectivity index (χ3n) is 0. The Morgan fingerprint density at radius 1 is 1.00 bits per heavy atom. The molecule has 0 bridgehead atoms. The van der Waals surface area contributed by atoms with Gasteiger partial charge in [-0.2, -0.15) is 0 Å². The van der Waals surface area contributed by atoms with Crippen LogP contribution in [0.3, 0.4) is 0 Å². The van der Waals surface area contributed by atoms with E-state index in [-0.39, 0.29) is 45.5 Å². The molecule has 0 N–H and O–H groups in total. The van der Waals surface area contributed by atoms with Gasteiger partial charge in [-0.1, -0.05) is 0 Å². The summed E-state index contributed by atoms with van der Waals surface area (Å²) < 4.78 is 29.0. The molecule has 0 heterocycles. The molecule has 0 aliphatic heterocycles. The van der Waals surface area contributed by atoms with Crippen molar-refractivity contribution < 1.29 is 12.9 Å². The molecule has 0 unspecified atom stereocenters. The van der Waals surface area contributed by atoms with Crippen LogP contribution in [0.2, 0.25) is 0 Å². The van der Waals surface area contributed by atoms with E-state index in [1.165, 1.54) is 0 Å². The van der Waals surface area contributed by atoms with Gasteiger partial charge in [-0.3, -0.25) is 12.9 Å². The van der Waals surface area contributed by atoms with E-state index in [0.717, 1.165) is 0 Å². The summed E-state index contributed by atoms with van der Waals surface area (Å²) in [5.41, 5.74) is 0. The van der Waals surface area contributed by atoms with Gasteiger partial charge in [0.15, 0.2) is 0 Å². The Kier molecular flexibility index (Phi) is 10.2.